The molecule has 1 saturated carbocycles. The van der Waals surface area contributed by atoms with E-state index in [0.717, 1.165) is 23.1 Å². The highest BCUT2D eigenvalue weighted by Gasteiger charge is 2.37. The summed E-state index contributed by atoms with van der Waals surface area (Å²) in [5, 5.41) is 10.6. The highest BCUT2D eigenvalue weighted by atomic mass is 32.2. The van der Waals surface area contributed by atoms with Crippen molar-refractivity contribution in [1.29, 1.82) is 0 Å². The fraction of sp³-hybridized carbons (Fsp3) is 0.296. The maximum absolute atomic E-state index is 12.9. The van der Waals surface area contributed by atoms with Crippen molar-refractivity contribution in [1.82, 2.24) is 0 Å². The van der Waals surface area contributed by atoms with Gasteiger partial charge in [0, 0.05) is 17.0 Å². The number of ether oxygens (including phenoxy) is 1. The summed E-state index contributed by atoms with van der Waals surface area (Å²) in [6.07, 6.45) is 1.36. The lowest BCUT2D eigenvalue weighted by Crippen LogP contribution is -2.27. The summed E-state index contributed by atoms with van der Waals surface area (Å²) in [7, 11) is -3.39. The van der Waals surface area contributed by atoms with Crippen LogP contribution in [0.4, 0.5) is 0 Å². The van der Waals surface area contributed by atoms with Gasteiger partial charge in [-0.05, 0) is 42.0 Å². The predicted molar refractivity (Wildman–Crippen MR) is 127 cm³/mol. The number of fused-ring (bicyclic) bond motifs is 1. The van der Waals surface area contributed by atoms with Gasteiger partial charge >= 0.3 is 0 Å². The molecule has 3 aromatic rings. The molecule has 1 heterocycles. The molecule has 0 unspecified atom stereocenters. The molecule has 0 aromatic heterocycles. The number of sulfone groups is 1. The Balaban J connectivity index is 1.40. The van der Waals surface area contributed by atoms with Crippen molar-refractivity contribution in [2.45, 2.75) is 30.6 Å². The number of hydrogen-bond acceptors (Lipinski definition) is 5. The van der Waals surface area contributed by atoms with Crippen molar-refractivity contribution in [2.75, 3.05) is 12.4 Å². The SMILES string of the molecule is O=C(CS(=O)(=O)C1CC1)c1ccccc1-c1ccc2c(c1)OC[C@H](Cc1ccccc1)[C@H]2O. The van der Waals surface area contributed by atoms with E-state index in [2.05, 4.69) is 0 Å². The number of carbonyl (C=O) groups is 1. The van der Waals surface area contributed by atoms with E-state index in [4.69, 9.17) is 4.74 Å². The van der Waals surface area contributed by atoms with Crippen LogP contribution in [0.5, 0.6) is 5.75 Å². The molecule has 1 fully saturated rings. The highest BCUT2D eigenvalue weighted by molar-refractivity contribution is 7.93. The number of carbonyl (C=O) groups excluding carboxylic acids is 1. The van der Waals surface area contributed by atoms with Gasteiger partial charge in [-0.1, -0.05) is 66.7 Å². The molecule has 6 heteroatoms. The third kappa shape index (κ3) is 4.59. The molecule has 5 rings (SSSR count). The second-order valence-electron chi connectivity index (χ2n) is 8.93. The van der Waals surface area contributed by atoms with Crippen LogP contribution in [0.1, 0.15) is 40.4 Å². The zero-order chi connectivity index (χ0) is 23.0. The molecule has 2 aliphatic rings. The van der Waals surface area contributed by atoms with Crippen LogP contribution in [0.2, 0.25) is 0 Å². The second kappa shape index (κ2) is 8.76. The lowest BCUT2D eigenvalue weighted by molar-refractivity contribution is 0.0508. The van der Waals surface area contributed by atoms with Gasteiger partial charge < -0.3 is 9.84 Å². The van der Waals surface area contributed by atoms with E-state index in [1.807, 2.05) is 60.7 Å². The summed E-state index contributed by atoms with van der Waals surface area (Å²) >= 11 is 0. The van der Waals surface area contributed by atoms with Crippen LogP contribution >= 0.6 is 0 Å². The van der Waals surface area contributed by atoms with Crippen LogP contribution in [-0.4, -0.2) is 36.9 Å². The maximum Gasteiger partial charge on any atom is 0.178 e. The fourth-order valence-corrected chi connectivity index (χ4v) is 6.09. The van der Waals surface area contributed by atoms with Crippen molar-refractivity contribution in [3.8, 4) is 16.9 Å². The molecule has 1 N–H and O–H groups in total. The Labute approximate surface area is 194 Å². The summed E-state index contributed by atoms with van der Waals surface area (Å²) in [6, 6.07) is 22.6. The largest absolute Gasteiger partial charge is 0.493 e. The normalized spacial score (nSPS) is 20.0. The Bertz CT molecular complexity index is 1280. The first-order valence-electron chi connectivity index (χ1n) is 11.3. The molecular formula is C27H26O5S. The number of hydrogen-bond donors (Lipinski definition) is 1. The Kier molecular flexibility index (Phi) is 5.81. The number of aliphatic hydroxyl groups excluding tert-OH is 1. The van der Waals surface area contributed by atoms with Crippen LogP contribution in [0.15, 0.2) is 72.8 Å². The quantitative estimate of drug-likeness (QED) is 0.527. The number of benzene rings is 3. The molecule has 33 heavy (non-hydrogen) atoms. The van der Waals surface area contributed by atoms with Gasteiger partial charge in [-0.15, -0.1) is 0 Å². The van der Waals surface area contributed by atoms with Gasteiger partial charge in [0.15, 0.2) is 15.6 Å². The molecule has 3 aromatic carbocycles. The summed E-state index contributed by atoms with van der Waals surface area (Å²) in [5.41, 5.74) is 3.70. The van der Waals surface area contributed by atoms with Gasteiger partial charge in [-0.2, -0.15) is 0 Å². The minimum atomic E-state index is -3.39. The maximum atomic E-state index is 12.9. The summed E-state index contributed by atoms with van der Waals surface area (Å²) in [6.45, 7) is 0.396. The van der Waals surface area contributed by atoms with E-state index in [1.165, 1.54) is 0 Å². The zero-order valence-corrected chi connectivity index (χ0v) is 19.0. The van der Waals surface area contributed by atoms with Gasteiger partial charge in [0.25, 0.3) is 0 Å². The van der Waals surface area contributed by atoms with Crippen LogP contribution in [0.25, 0.3) is 11.1 Å². The molecule has 0 saturated heterocycles. The van der Waals surface area contributed by atoms with Gasteiger partial charge in [-0.3, -0.25) is 4.79 Å². The average molecular weight is 463 g/mol. The van der Waals surface area contributed by atoms with Crippen molar-refractivity contribution in [3.63, 3.8) is 0 Å². The van der Waals surface area contributed by atoms with Gasteiger partial charge in [0.2, 0.25) is 0 Å². The monoisotopic (exact) mass is 462 g/mol. The molecule has 0 bridgehead atoms. The second-order valence-corrected chi connectivity index (χ2v) is 11.2. The minimum absolute atomic E-state index is 0.0488. The van der Waals surface area contributed by atoms with E-state index in [0.29, 0.717) is 36.3 Å². The Morgan fingerprint density at radius 1 is 0.970 bits per heavy atom. The summed E-state index contributed by atoms with van der Waals surface area (Å²) in [5.74, 6) is -0.306. The lowest BCUT2D eigenvalue weighted by atomic mass is 9.87. The van der Waals surface area contributed by atoms with Gasteiger partial charge in [0.05, 0.1) is 18.0 Å². The number of rotatable bonds is 7. The standard InChI is InChI=1S/C27H26O5S/c28-25(17-33(30,31)21-11-12-21)23-9-5-4-8-22(23)19-10-13-24-26(15-19)32-16-20(27(24)29)14-18-6-2-1-3-7-18/h1-10,13,15,20-21,27,29H,11-12,14,16-17H2/t20-,27+/m0/s1. The number of ketones is 1. The molecule has 2 atom stereocenters. The van der Waals surface area contributed by atoms with E-state index in [1.54, 1.807) is 12.1 Å². The molecule has 170 valence electrons. The Morgan fingerprint density at radius 2 is 1.70 bits per heavy atom. The third-order valence-corrected chi connectivity index (χ3v) is 8.63. The fourth-order valence-electron chi connectivity index (χ4n) is 4.48. The topological polar surface area (TPSA) is 80.7 Å². The molecular weight excluding hydrogens is 436 g/mol. The van der Waals surface area contributed by atoms with E-state index in [-0.39, 0.29) is 17.0 Å². The van der Waals surface area contributed by atoms with E-state index < -0.39 is 21.7 Å². The number of aliphatic hydroxyl groups is 1. The highest BCUT2D eigenvalue weighted by Crippen LogP contribution is 2.40. The van der Waals surface area contributed by atoms with Crippen LogP contribution in [-0.2, 0) is 16.3 Å². The summed E-state index contributed by atoms with van der Waals surface area (Å²) in [4.78, 5) is 12.9. The summed E-state index contributed by atoms with van der Waals surface area (Å²) < 4.78 is 30.7. The van der Waals surface area contributed by atoms with Crippen molar-refractivity contribution in [2.24, 2.45) is 5.92 Å². The van der Waals surface area contributed by atoms with Crippen molar-refractivity contribution < 1.29 is 23.1 Å². The van der Waals surface area contributed by atoms with Crippen molar-refractivity contribution in [3.05, 3.63) is 89.5 Å². The Hall–Kier alpha value is -2.96. The molecule has 1 aliphatic carbocycles. The Morgan fingerprint density at radius 3 is 2.45 bits per heavy atom. The lowest BCUT2D eigenvalue weighted by Gasteiger charge is -2.31. The smallest absolute Gasteiger partial charge is 0.178 e. The molecule has 0 radical (unpaired) electrons. The minimum Gasteiger partial charge on any atom is -0.493 e. The average Bonchev–Trinajstić information content (AvgIpc) is 3.68. The van der Waals surface area contributed by atoms with Gasteiger partial charge in [-0.25, -0.2) is 8.42 Å². The zero-order valence-electron chi connectivity index (χ0n) is 18.2. The van der Waals surface area contributed by atoms with Crippen molar-refractivity contribution >= 4 is 15.6 Å². The van der Waals surface area contributed by atoms with E-state index >= 15 is 0 Å². The van der Waals surface area contributed by atoms with Crippen LogP contribution in [0.3, 0.4) is 0 Å². The molecule has 0 amide bonds. The third-order valence-electron chi connectivity index (χ3n) is 6.48. The predicted octanol–water partition coefficient (Wildman–Crippen LogP) is 4.40. The van der Waals surface area contributed by atoms with E-state index in [9.17, 15) is 18.3 Å². The first-order valence-corrected chi connectivity index (χ1v) is 13.0. The van der Waals surface area contributed by atoms with Crippen LogP contribution < -0.4 is 4.74 Å². The number of Topliss-reactive ketones (excluding diaryl/α,β-unsaturated/α-hetero) is 1. The van der Waals surface area contributed by atoms with Gasteiger partial charge in [0.1, 0.15) is 11.5 Å². The molecule has 1 aliphatic heterocycles. The molecule has 0 spiro atoms. The molecule has 5 nitrogen and oxygen atoms in total. The van der Waals surface area contributed by atoms with Crippen LogP contribution in [0, 0.1) is 5.92 Å². The first kappa shape index (κ1) is 21.9. The first-order chi connectivity index (χ1) is 15.9.